The second-order valence-electron chi connectivity index (χ2n) is 10.9. The van der Waals surface area contributed by atoms with Crippen molar-refractivity contribution in [2.24, 2.45) is 7.05 Å². The molecule has 12 heteroatoms. The van der Waals surface area contributed by atoms with Crippen LogP contribution in [0.2, 0.25) is 0 Å². The van der Waals surface area contributed by atoms with Gasteiger partial charge in [-0.15, -0.1) is 0 Å². The average Bonchev–Trinajstić information content (AvgIpc) is 3.38. The monoisotopic (exact) mass is 596 g/mol. The molecule has 5 rings (SSSR count). The highest BCUT2D eigenvalue weighted by atomic mass is 32.2. The first kappa shape index (κ1) is 30.2. The van der Waals surface area contributed by atoms with E-state index in [1.54, 1.807) is 19.2 Å². The van der Waals surface area contributed by atoms with Crippen molar-refractivity contribution in [2.75, 3.05) is 24.5 Å². The number of hydrogen-bond donors (Lipinski definition) is 5. The van der Waals surface area contributed by atoms with E-state index in [-0.39, 0.29) is 5.57 Å². The van der Waals surface area contributed by atoms with E-state index in [4.69, 9.17) is 4.74 Å². The quantitative estimate of drug-likeness (QED) is 0.256. The van der Waals surface area contributed by atoms with Crippen LogP contribution in [0.5, 0.6) is 0 Å². The number of aromatic nitrogens is 1. The summed E-state index contributed by atoms with van der Waals surface area (Å²) in [4.78, 5) is 1.90. The summed E-state index contributed by atoms with van der Waals surface area (Å²) in [6, 6.07) is 18.1. The summed E-state index contributed by atoms with van der Waals surface area (Å²) in [6.45, 7) is 3.14. The normalized spacial score (nSPS) is 25.7. The molecule has 5 atom stereocenters. The van der Waals surface area contributed by atoms with E-state index in [1.807, 2.05) is 16.7 Å². The van der Waals surface area contributed by atoms with Crippen molar-refractivity contribution in [3.8, 4) is 17.3 Å². The van der Waals surface area contributed by atoms with Gasteiger partial charge in [0.1, 0.15) is 30.5 Å². The lowest BCUT2D eigenvalue weighted by molar-refractivity contribution is -0.279. The number of allylic oxidation sites excluding steroid dienone is 2. The van der Waals surface area contributed by atoms with Crippen LogP contribution in [0.4, 0.5) is 5.69 Å². The van der Waals surface area contributed by atoms with Crippen LogP contribution in [0.25, 0.3) is 27.6 Å². The lowest BCUT2D eigenvalue weighted by Gasteiger charge is -2.38. The minimum atomic E-state index is -4.37. The third kappa shape index (κ3) is 5.82. The zero-order valence-electron chi connectivity index (χ0n) is 23.5. The number of nitrogens with one attached hydrogen (secondary N) is 1. The lowest BCUT2D eigenvalue weighted by Crippen LogP contribution is -2.60. The summed E-state index contributed by atoms with van der Waals surface area (Å²) in [7, 11) is -2.57. The summed E-state index contributed by atoms with van der Waals surface area (Å²) in [5.41, 5.74) is 3.75. The summed E-state index contributed by atoms with van der Waals surface area (Å²) < 4.78 is 35.3. The Kier molecular flexibility index (Phi) is 8.73. The van der Waals surface area contributed by atoms with Gasteiger partial charge in [0, 0.05) is 49.3 Å². The van der Waals surface area contributed by atoms with Gasteiger partial charge in [0.15, 0.2) is 11.2 Å². The molecule has 3 heterocycles. The molecule has 0 spiro atoms. The minimum Gasteiger partial charge on any atom is -0.388 e. The molecule has 1 unspecified atom stereocenters. The molecule has 3 aromatic rings. The average molecular weight is 597 g/mol. The highest BCUT2D eigenvalue weighted by Crippen LogP contribution is 2.32. The zero-order chi connectivity index (χ0) is 30.2. The maximum absolute atomic E-state index is 13.1. The van der Waals surface area contributed by atoms with Gasteiger partial charge in [0.2, 0.25) is 0 Å². The van der Waals surface area contributed by atoms with E-state index in [1.165, 1.54) is 31.9 Å². The van der Waals surface area contributed by atoms with Crippen LogP contribution in [-0.2, 0) is 21.8 Å². The number of nitrogens with zero attached hydrogens (tertiary/aromatic N) is 3. The first-order valence-electron chi connectivity index (χ1n) is 14.0. The van der Waals surface area contributed by atoms with E-state index >= 15 is 0 Å². The lowest BCUT2D eigenvalue weighted by atomic mass is 9.99. The zero-order valence-corrected chi connectivity index (χ0v) is 24.3. The maximum Gasteiger partial charge on any atom is 0.251 e. The molecular formula is C30H36N4O7S. The number of hydrogen-bond acceptors (Lipinski definition) is 9. The highest BCUT2D eigenvalue weighted by Gasteiger charge is 2.43. The Morgan fingerprint density at radius 1 is 0.976 bits per heavy atom. The van der Waals surface area contributed by atoms with Gasteiger partial charge >= 0.3 is 0 Å². The third-order valence-corrected chi connectivity index (χ3v) is 9.70. The molecule has 0 saturated carbocycles. The van der Waals surface area contributed by atoms with Gasteiger partial charge in [-0.25, -0.2) is 13.1 Å². The fourth-order valence-electron chi connectivity index (χ4n) is 5.74. The summed E-state index contributed by atoms with van der Waals surface area (Å²) in [6.07, 6.45) is -4.58. The van der Waals surface area contributed by atoms with E-state index in [0.717, 1.165) is 35.1 Å². The molecule has 0 radical (unpaired) electrons. The standard InChI is InChI=1S/C30H36N4O7S/c1-18(26(16-31)42(39,40)32-17-25-27(35)28(36)29(37)30(38)41-25)23-10-11-24(33(23)2)21-7-6-20-15-22(9-8-19(20)14-21)34-12-4-3-5-13-34/h6-11,14-15,25,27-30,32,35-38H,3-5,12-13,17H2,1-2H3/b26-18+/t25-,27-,28+,29-,30?/m1/s1. The molecule has 0 amide bonds. The molecule has 0 aliphatic carbocycles. The van der Waals surface area contributed by atoms with Gasteiger partial charge in [-0.1, -0.05) is 18.2 Å². The van der Waals surface area contributed by atoms with Crippen molar-refractivity contribution in [2.45, 2.75) is 56.9 Å². The molecule has 11 nitrogen and oxygen atoms in total. The Bertz CT molecular complexity index is 1640. The smallest absolute Gasteiger partial charge is 0.251 e. The topological polar surface area (TPSA) is 168 Å². The van der Waals surface area contributed by atoms with Gasteiger partial charge in [-0.3, -0.25) is 0 Å². The Morgan fingerprint density at radius 3 is 2.38 bits per heavy atom. The second-order valence-corrected chi connectivity index (χ2v) is 12.6. The molecule has 2 aliphatic heterocycles. The number of benzene rings is 2. The number of fused-ring (bicyclic) bond motifs is 1. The molecular weight excluding hydrogens is 560 g/mol. The first-order chi connectivity index (χ1) is 20.0. The highest BCUT2D eigenvalue weighted by molar-refractivity contribution is 7.93. The fourth-order valence-corrected chi connectivity index (χ4v) is 6.90. The van der Waals surface area contributed by atoms with Crippen LogP contribution in [-0.4, -0.2) is 83.8 Å². The van der Waals surface area contributed by atoms with Crippen LogP contribution >= 0.6 is 0 Å². The molecule has 2 aromatic carbocycles. The van der Waals surface area contributed by atoms with Crippen LogP contribution < -0.4 is 9.62 Å². The molecule has 5 N–H and O–H groups in total. The molecule has 1 aromatic heterocycles. The van der Waals surface area contributed by atoms with E-state index in [9.17, 15) is 34.1 Å². The van der Waals surface area contributed by atoms with Gasteiger partial charge < -0.3 is 34.6 Å². The first-order valence-corrected chi connectivity index (χ1v) is 15.4. The number of aliphatic hydroxyl groups excluding tert-OH is 4. The Hall–Kier alpha value is -3.28. The molecule has 224 valence electrons. The predicted octanol–water partition coefficient (Wildman–Crippen LogP) is 1.81. The number of rotatable bonds is 7. The van der Waals surface area contributed by atoms with Crippen molar-refractivity contribution in [1.29, 1.82) is 5.26 Å². The molecule has 2 saturated heterocycles. The van der Waals surface area contributed by atoms with Crippen molar-refractivity contribution >= 4 is 32.1 Å². The minimum absolute atomic E-state index is 0.214. The fraction of sp³-hybridized carbons (Fsp3) is 0.433. The molecule has 0 bridgehead atoms. The van der Waals surface area contributed by atoms with Crippen LogP contribution in [0, 0.1) is 11.3 Å². The molecule has 42 heavy (non-hydrogen) atoms. The van der Waals surface area contributed by atoms with E-state index in [2.05, 4.69) is 40.0 Å². The Morgan fingerprint density at radius 2 is 1.67 bits per heavy atom. The Balaban J connectivity index is 1.37. The van der Waals surface area contributed by atoms with Crippen molar-refractivity contribution in [3.63, 3.8) is 0 Å². The second kappa shape index (κ2) is 12.1. The van der Waals surface area contributed by atoms with E-state index < -0.39 is 52.2 Å². The van der Waals surface area contributed by atoms with E-state index in [0.29, 0.717) is 5.69 Å². The Labute approximate surface area is 244 Å². The van der Waals surface area contributed by atoms with Crippen molar-refractivity contribution in [3.05, 3.63) is 59.1 Å². The summed E-state index contributed by atoms with van der Waals surface area (Å²) in [5.74, 6) is 0. The van der Waals surface area contributed by atoms with Gasteiger partial charge in [-0.05, 0) is 72.9 Å². The number of nitriles is 1. The van der Waals surface area contributed by atoms with Crippen LogP contribution in [0.3, 0.4) is 0 Å². The number of aliphatic hydroxyl groups is 4. The van der Waals surface area contributed by atoms with Crippen molar-refractivity contribution < 1.29 is 33.6 Å². The number of piperidine rings is 1. The van der Waals surface area contributed by atoms with Gasteiger partial charge in [0.05, 0.1) is 0 Å². The van der Waals surface area contributed by atoms with Crippen LogP contribution in [0.1, 0.15) is 31.9 Å². The van der Waals surface area contributed by atoms with Crippen molar-refractivity contribution in [1.82, 2.24) is 9.29 Å². The molecule has 2 aliphatic rings. The van der Waals surface area contributed by atoms with Gasteiger partial charge in [-0.2, -0.15) is 5.26 Å². The van der Waals surface area contributed by atoms with Crippen LogP contribution in [0.15, 0.2) is 53.4 Å². The summed E-state index contributed by atoms with van der Waals surface area (Å²) in [5, 5.41) is 51.4. The SMILES string of the molecule is C/C(=C(/C#N)S(=O)(=O)NC[C@H]1OC(O)[C@H](O)[C@@H](O)[C@@H]1O)c1ccc(-c2ccc3cc(N4CCCCC4)ccc3c2)n1C. The number of sulfonamides is 1. The molecule has 2 fully saturated rings. The largest absolute Gasteiger partial charge is 0.388 e. The maximum atomic E-state index is 13.1. The number of ether oxygens (including phenoxy) is 1. The van der Waals surface area contributed by atoms with Gasteiger partial charge in [0.25, 0.3) is 10.0 Å². The number of anilines is 1. The summed E-state index contributed by atoms with van der Waals surface area (Å²) >= 11 is 0. The predicted molar refractivity (Wildman–Crippen MR) is 158 cm³/mol. The third-order valence-electron chi connectivity index (χ3n) is 8.22.